The molecule has 1 N–H and O–H groups in total. The van der Waals surface area contributed by atoms with Crippen LogP contribution in [0, 0.1) is 5.82 Å². The number of likely N-dealkylation sites (N-methyl/N-ethyl adjacent to an activating group) is 1. The molecular weight excluding hydrogens is 339 g/mol. The van der Waals surface area contributed by atoms with Gasteiger partial charge in [0.1, 0.15) is 5.82 Å². The van der Waals surface area contributed by atoms with Gasteiger partial charge in [-0.15, -0.1) is 24.2 Å². The lowest BCUT2D eigenvalue weighted by molar-refractivity contribution is -0.129. The van der Waals surface area contributed by atoms with Crippen molar-refractivity contribution in [3.63, 3.8) is 0 Å². The predicted molar refractivity (Wildman–Crippen MR) is 93.0 cm³/mol. The first-order valence-corrected chi connectivity index (χ1v) is 8.38. The first kappa shape index (κ1) is 19.9. The molecule has 1 aliphatic heterocycles. The Labute approximate surface area is 146 Å². The number of thioether (sulfide) groups is 1. The standard InChI is InChI=1S/C16H21FN2O2S.ClH/c1-11(20)14-6-5-13(8-15(14)17)22-10-16(21)19-7-3-4-12(9-19)18-2;/h5-6,8,12,18H,3-4,7,9-10H2,1-2H3;1H. The van der Waals surface area contributed by atoms with Crippen LogP contribution in [0.15, 0.2) is 23.1 Å². The third-order valence-corrected chi connectivity index (χ3v) is 4.84. The molecule has 1 aliphatic rings. The molecule has 23 heavy (non-hydrogen) atoms. The van der Waals surface area contributed by atoms with Crippen LogP contribution in [-0.2, 0) is 4.79 Å². The highest BCUT2D eigenvalue weighted by molar-refractivity contribution is 8.00. The number of likely N-dealkylation sites (tertiary alicyclic amines) is 1. The number of halogens is 2. The molecule has 1 aromatic rings. The van der Waals surface area contributed by atoms with Gasteiger partial charge in [-0.25, -0.2) is 4.39 Å². The number of ketones is 1. The third-order valence-electron chi connectivity index (χ3n) is 3.86. The Kier molecular flexibility index (Phi) is 8.02. The molecule has 0 aliphatic carbocycles. The Balaban J connectivity index is 0.00000264. The SMILES string of the molecule is CNC1CCCN(C(=O)CSc2ccc(C(C)=O)c(F)c2)C1.Cl. The molecule has 2 rings (SSSR count). The molecule has 0 spiro atoms. The molecule has 0 bridgehead atoms. The number of hydrogen-bond donors (Lipinski definition) is 1. The van der Waals surface area contributed by atoms with Gasteiger partial charge in [0.05, 0.1) is 11.3 Å². The molecule has 7 heteroatoms. The molecule has 4 nitrogen and oxygen atoms in total. The summed E-state index contributed by atoms with van der Waals surface area (Å²) in [6.07, 6.45) is 2.09. The van der Waals surface area contributed by atoms with E-state index in [0.29, 0.717) is 10.9 Å². The second kappa shape index (κ2) is 9.25. The molecule has 128 valence electrons. The van der Waals surface area contributed by atoms with E-state index >= 15 is 0 Å². The predicted octanol–water partition coefficient (Wildman–Crippen LogP) is 2.75. The first-order valence-electron chi connectivity index (χ1n) is 7.39. The maximum Gasteiger partial charge on any atom is 0.232 e. The number of hydrogen-bond acceptors (Lipinski definition) is 4. The average Bonchev–Trinajstić information content (AvgIpc) is 2.52. The Morgan fingerprint density at radius 2 is 2.17 bits per heavy atom. The van der Waals surface area contributed by atoms with Gasteiger partial charge >= 0.3 is 0 Å². The summed E-state index contributed by atoms with van der Waals surface area (Å²) >= 11 is 1.30. The van der Waals surface area contributed by atoms with Crippen LogP contribution in [0.4, 0.5) is 4.39 Å². The quantitative estimate of drug-likeness (QED) is 0.648. The minimum atomic E-state index is -0.529. The van der Waals surface area contributed by atoms with E-state index in [0.717, 1.165) is 25.9 Å². The fraction of sp³-hybridized carbons (Fsp3) is 0.500. The maximum atomic E-state index is 13.7. The molecule has 1 atom stereocenters. The van der Waals surface area contributed by atoms with Crippen molar-refractivity contribution in [2.75, 3.05) is 25.9 Å². The lowest BCUT2D eigenvalue weighted by atomic mass is 10.1. The van der Waals surface area contributed by atoms with E-state index in [1.54, 1.807) is 6.07 Å². The molecule has 0 aromatic heterocycles. The van der Waals surface area contributed by atoms with Crippen molar-refractivity contribution in [1.29, 1.82) is 0 Å². The minimum absolute atomic E-state index is 0. The van der Waals surface area contributed by atoms with E-state index in [9.17, 15) is 14.0 Å². The topological polar surface area (TPSA) is 49.4 Å². The summed E-state index contributed by atoms with van der Waals surface area (Å²) in [4.78, 5) is 25.9. The van der Waals surface area contributed by atoms with Crippen LogP contribution in [0.2, 0.25) is 0 Å². The number of rotatable bonds is 5. The Morgan fingerprint density at radius 3 is 2.78 bits per heavy atom. The van der Waals surface area contributed by atoms with Gasteiger partial charge in [-0.1, -0.05) is 0 Å². The van der Waals surface area contributed by atoms with Crippen molar-refractivity contribution in [3.05, 3.63) is 29.6 Å². The molecule has 1 aromatic carbocycles. The van der Waals surface area contributed by atoms with Crippen molar-refractivity contribution in [3.8, 4) is 0 Å². The number of Topliss-reactive ketones (excluding diaryl/α,β-unsaturated/α-hetero) is 1. The molecule has 1 unspecified atom stereocenters. The van der Waals surface area contributed by atoms with Gasteiger partial charge in [-0.05, 0) is 45.0 Å². The van der Waals surface area contributed by atoms with Crippen molar-refractivity contribution >= 4 is 35.9 Å². The highest BCUT2D eigenvalue weighted by Gasteiger charge is 2.22. The Morgan fingerprint density at radius 1 is 1.43 bits per heavy atom. The van der Waals surface area contributed by atoms with Crippen molar-refractivity contribution in [2.45, 2.75) is 30.7 Å². The van der Waals surface area contributed by atoms with Gasteiger partial charge in [0.15, 0.2) is 5.78 Å². The molecule has 1 amide bonds. The summed E-state index contributed by atoms with van der Waals surface area (Å²) in [5, 5.41) is 3.20. The van der Waals surface area contributed by atoms with E-state index in [1.165, 1.54) is 30.8 Å². The zero-order valence-electron chi connectivity index (χ0n) is 13.3. The summed E-state index contributed by atoms with van der Waals surface area (Å²) in [7, 11) is 1.91. The zero-order chi connectivity index (χ0) is 16.1. The number of amides is 1. The highest BCUT2D eigenvalue weighted by Crippen LogP contribution is 2.22. The van der Waals surface area contributed by atoms with E-state index < -0.39 is 5.82 Å². The van der Waals surface area contributed by atoms with Crippen LogP contribution in [-0.4, -0.2) is 48.5 Å². The Hall–Kier alpha value is -1.11. The van der Waals surface area contributed by atoms with E-state index in [2.05, 4.69) is 5.32 Å². The van der Waals surface area contributed by atoms with Gasteiger partial charge in [-0.2, -0.15) is 0 Å². The van der Waals surface area contributed by atoms with Gasteiger partial charge in [0.25, 0.3) is 0 Å². The molecule has 0 saturated carbocycles. The van der Waals surface area contributed by atoms with E-state index in [1.807, 2.05) is 11.9 Å². The van der Waals surface area contributed by atoms with Crippen LogP contribution in [0.3, 0.4) is 0 Å². The maximum absolute atomic E-state index is 13.7. The molecule has 1 fully saturated rings. The normalized spacial score (nSPS) is 17.5. The van der Waals surface area contributed by atoms with Gasteiger partial charge in [0.2, 0.25) is 5.91 Å². The zero-order valence-corrected chi connectivity index (χ0v) is 14.9. The number of piperidine rings is 1. The molecular formula is C16H22ClFN2O2S. The van der Waals surface area contributed by atoms with E-state index in [4.69, 9.17) is 0 Å². The lowest BCUT2D eigenvalue weighted by Gasteiger charge is -2.32. The summed E-state index contributed by atoms with van der Waals surface area (Å²) in [5.74, 6) is -0.467. The van der Waals surface area contributed by atoms with Crippen LogP contribution < -0.4 is 5.32 Å². The fourth-order valence-electron chi connectivity index (χ4n) is 2.55. The smallest absolute Gasteiger partial charge is 0.232 e. The van der Waals surface area contributed by atoms with Gasteiger partial charge in [-0.3, -0.25) is 9.59 Å². The summed E-state index contributed by atoms with van der Waals surface area (Å²) in [5.41, 5.74) is 0.0866. The summed E-state index contributed by atoms with van der Waals surface area (Å²) in [6.45, 7) is 2.85. The number of carbonyl (C=O) groups excluding carboxylic acids is 2. The third kappa shape index (κ3) is 5.48. The van der Waals surface area contributed by atoms with Gasteiger partial charge < -0.3 is 10.2 Å². The summed E-state index contributed by atoms with van der Waals surface area (Å²) in [6, 6.07) is 4.84. The second-order valence-electron chi connectivity index (χ2n) is 5.45. The molecule has 1 heterocycles. The van der Waals surface area contributed by atoms with Crippen molar-refractivity contribution in [2.24, 2.45) is 0 Å². The van der Waals surface area contributed by atoms with Gasteiger partial charge in [0, 0.05) is 24.0 Å². The average molecular weight is 361 g/mol. The van der Waals surface area contributed by atoms with E-state index in [-0.39, 0.29) is 35.4 Å². The monoisotopic (exact) mass is 360 g/mol. The number of nitrogens with one attached hydrogen (secondary N) is 1. The number of benzene rings is 1. The van der Waals surface area contributed by atoms with Crippen LogP contribution in [0.5, 0.6) is 0 Å². The Bertz CT molecular complexity index is 571. The van der Waals surface area contributed by atoms with Crippen LogP contribution in [0.25, 0.3) is 0 Å². The number of carbonyl (C=O) groups is 2. The molecule has 0 radical (unpaired) electrons. The second-order valence-corrected chi connectivity index (χ2v) is 6.50. The van der Waals surface area contributed by atoms with Crippen molar-refractivity contribution in [1.82, 2.24) is 10.2 Å². The summed E-state index contributed by atoms with van der Waals surface area (Å²) < 4.78 is 13.7. The van der Waals surface area contributed by atoms with Crippen LogP contribution >= 0.6 is 24.2 Å². The van der Waals surface area contributed by atoms with Crippen LogP contribution in [0.1, 0.15) is 30.1 Å². The number of nitrogens with zero attached hydrogens (tertiary/aromatic N) is 1. The minimum Gasteiger partial charge on any atom is -0.340 e. The lowest BCUT2D eigenvalue weighted by Crippen LogP contribution is -2.47. The fourth-order valence-corrected chi connectivity index (χ4v) is 3.37. The largest absolute Gasteiger partial charge is 0.340 e. The first-order chi connectivity index (χ1) is 10.5. The molecule has 1 saturated heterocycles. The highest BCUT2D eigenvalue weighted by atomic mass is 35.5. The van der Waals surface area contributed by atoms with Crippen molar-refractivity contribution < 1.29 is 14.0 Å².